The lowest BCUT2D eigenvalue weighted by atomic mass is 9.73. The first-order chi connectivity index (χ1) is 37.8. The fourth-order valence-electron chi connectivity index (χ4n) is 12.7. The minimum atomic E-state index is -1.95. The second kappa shape index (κ2) is 28.4. The molecule has 0 spiro atoms. The van der Waals surface area contributed by atoms with Crippen LogP contribution in [0, 0.1) is 23.7 Å². The Hall–Kier alpha value is -2.46. The summed E-state index contributed by atoms with van der Waals surface area (Å²) in [4.78, 5) is 26.7. The van der Waals surface area contributed by atoms with E-state index in [1.807, 2.05) is 0 Å². The van der Waals surface area contributed by atoms with Gasteiger partial charge in [0.05, 0.1) is 74.3 Å². The van der Waals surface area contributed by atoms with Gasteiger partial charge in [-0.25, -0.2) is 9.59 Å². The molecule has 26 nitrogen and oxygen atoms in total. The predicted molar refractivity (Wildman–Crippen MR) is 264 cm³/mol. The average molecular weight is 1140 g/mol. The van der Waals surface area contributed by atoms with E-state index in [9.17, 15) is 70.9 Å². The number of hydrogen-bond donors (Lipinski definition) is 12. The molecule has 0 radical (unpaired) electrons. The van der Waals surface area contributed by atoms with Crippen LogP contribution in [0.4, 0.5) is 0 Å². The van der Waals surface area contributed by atoms with Gasteiger partial charge in [-0.1, -0.05) is 12.2 Å². The Morgan fingerprint density at radius 1 is 0.506 bits per heavy atom. The Labute approximate surface area is 458 Å². The molecule has 4 saturated heterocycles. The first-order valence-corrected chi connectivity index (χ1v) is 27.8. The molecule has 0 aromatic heterocycles. The summed E-state index contributed by atoms with van der Waals surface area (Å²) in [5.41, 5.74) is 0. The molecule has 0 bridgehead atoms. The van der Waals surface area contributed by atoms with Gasteiger partial charge in [0.2, 0.25) is 0 Å². The summed E-state index contributed by atoms with van der Waals surface area (Å²) in [5, 5.41) is 131. The number of fused-ring (bicyclic) bond motifs is 1. The SMILES string of the molecule is COC1CC(C=CC(=O)OCC2OC(OC3CC4C(OC5OC(CO)C(O)C(O)C5O)CC(O)CC4OC3C3CCC(O)CC3)C(OC3OCC(O)C(O)C3OC(=O)C=CC3CC(OC)C(O)C(OC)C3)C(O)C2O)CCC1O. The summed E-state index contributed by atoms with van der Waals surface area (Å²) in [6, 6.07) is 0. The average Bonchev–Trinajstić information content (AvgIpc) is 3.45. The molecular weight excluding hydrogens is 1050 g/mol. The summed E-state index contributed by atoms with van der Waals surface area (Å²) in [5.74, 6) is -3.10. The van der Waals surface area contributed by atoms with E-state index in [0.717, 1.165) is 6.08 Å². The van der Waals surface area contributed by atoms with Crippen LogP contribution in [-0.4, -0.2) is 268 Å². The summed E-state index contributed by atoms with van der Waals surface area (Å²) >= 11 is 0. The van der Waals surface area contributed by atoms with Gasteiger partial charge in [0.15, 0.2) is 25.0 Å². The maximum absolute atomic E-state index is 13.5. The lowest BCUT2D eigenvalue weighted by Crippen LogP contribution is -2.65. The van der Waals surface area contributed by atoms with Gasteiger partial charge in [0.25, 0.3) is 0 Å². The standard InChI is InChI=1S/C53H84O26/c1-68-33-14-23(4-11-29(33)57)5-12-39(59)71-22-38-44(64)46(66)50(79-52-49(41(61)30(58)21-72-52)78-40(60)13-6-24-15-34(69-2)42(62)35(16-24)70-3)53(77-38)75-36-19-28-31(73-48(36)25-7-9-26(55)10-8-25)17-27(56)18-32(28)74-51-47(67)45(65)43(63)37(20-54)76-51/h5-6,12-13,23-38,41-58,61-67H,4,7-11,14-22H2,1-3H3. The van der Waals surface area contributed by atoms with Gasteiger partial charge in [-0.3, -0.25) is 0 Å². The number of aliphatic hydroxyl groups is 12. The van der Waals surface area contributed by atoms with Crippen LogP contribution in [0.5, 0.6) is 0 Å². The van der Waals surface area contributed by atoms with Crippen molar-refractivity contribution >= 4 is 11.9 Å². The molecule has 26 heteroatoms. The highest BCUT2D eigenvalue weighted by Gasteiger charge is 2.56. The van der Waals surface area contributed by atoms with Gasteiger partial charge in [0.1, 0.15) is 73.8 Å². The number of carbonyl (C=O) groups is 2. The van der Waals surface area contributed by atoms with Crippen LogP contribution in [0.2, 0.25) is 0 Å². The number of rotatable bonds is 18. The van der Waals surface area contributed by atoms with Crippen LogP contribution in [-0.2, 0) is 66.4 Å². The van der Waals surface area contributed by atoms with E-state index in [1.165, 1.54) is 27.4 Å². The minimum absolute atomic E-state index is 0.00565. The maximum atomic E-state index is 13.5. The van der Waals surface area contributed by atoms with Gasteiger partial charge in [0, 0.05) is 45.8 Å². The van der Waals surface area contributed by atoms with E-state index in [2.05, 4.69) is 0 Å². The van der Waals surface area contributed by atoms with Gasteiger partial charge in [-0.05, 0) is 88.4 Å². The van der Waals surface area contributed by atoms with Gasteiger partial charge in [-0.15, -0.1) is 0 Å². The van der Waals surface area contributed by atoms with E-state index >= 15 is 0 Å². The number of aliphatic hydroxyl groups excluding tert-OH is 12. The predicted octanol–water partition coefficient (Wildman–Crippen LogP) is -3.51. The summed E-state index contributed by atoms with van der Waals surface area (Å²) in [6.45, 7) is -1.87. The Bertz CT molecular complexity index is 1960. The minimum Gasteiger partial charge on any atom is -0.460 e. The fraction of sp³-hybridized carbons (Fsp3) is 0.887. The molecule has 4 aliphatic heterocycles. The first kappa shape index (κ1) is 62.6. The third kappa shape index (κ3) is 15.1. The topological polar surface area (TPSA) is 388 Å². The Kier molecular flexibility index (Phi) is 22.5. The molecular formula is C53H84O26. The van der Waals surface area contributed by atoms with Crippen molar-refractivity contribution in [2.75, 3.05) is 41.2 Å². The van der Waals surface area contributed by atoms with E-state index in [0.29, 0.717) is 57.8 Å². The molecule has 0 aromatic rings. The molecule has 12 N–H and O–H groups in total. The van der Waals surface area contributed by atoms with E-state index in [4.69, 9.17) is 56.8 Å². The smallest absolute Gasteiger partial charge is 0.330 e. The molecule has 4 heterocycles. The van der Waals surface area contributed by atoms with Crippen LogP contribution in [0.3, 0.4) is 0 Å². The number of ether oxygens (including phenoxy) is 12. The van der Waals surface area contributed by atoms with E-state index < -0.39 is 191 Å². The molecule has 8 aliphatic rings. The number of methoxy groups -OCH3 is 3. The summed E-state index contributed by atoms with van der Waals surface area (Å²) in [6.07, 6.45) is -22.1. The van der Waals surface area contributed by atoms with Crippen molar-refractivity contribution in [3.63, 3.8) is 0 Å². The van der Waals surface area contributed by atoms with Crippen molar-refractivity contribution in [1.82, 2.24) is 0 Å². The third-order valence-electron chi connectivity index (χ3n) is 17.4. The largest absolute Gasteiger partial charge is 0.460 e. The Balaban J connectivity index is 1.05. The highest BCUT2D eigenvalue weighted by Crippen LogP contribution is 2.45. The molecule has 4 aliphatic carbocycles. The molecule has 8 fully saturated rings. The number of allylic oxidation sites excluding steroid dienone is 2. The molecule has 4 saturated carbocycles. The normalized spacial score (nSPS) is 48.1. The van der Waals surface area contributed by atoms with Gasteiger partial charge < -0.3 is 118 Å². The molecule has 0 amide bonds. The van der Waals surface area contributed by atoms with Crippen molar-refractivity contribution < 1.29 is 128 Å². The quantitative estimate of drug-likeness (QED) is 0.0468. The van der Waals surface area contributed by atoms with Crippen LogP contribution < -0.4 is 0 Å². The number of hydrogen-bond acceptors (Lipinski definition) is 26. The van der Waals surface area contributed by atoms with Crippen molar-refractivity contribution in [2.24, 2.45) is 23.7 Å². The second-order valence-electron chi connectivity index (χ2n) is 22.6. The zero-order valence-corrected chi connectivity index (χ0v) is 44.7. The first-order valence-electron chi connectivity index (χ1n) is 27.8. The van der Waals surface area contributed by atoms with Crippen LogP contribution >= 0.6 is 0 Å². The number of esters is 2. The fourth-order valence-corrected chi connectivity index (χ4v) is 12.7. The van der Waals surface area contributed by atoms with E-state index in [-0.39, 0.29) is 37.0 Å². The van der Waals surface area contributed by atoms with Gasteiger partial charge in [-0.2, -0.15) is 0 Å². The van der Waals surface area contributed by atoms with Crippen LogP contribution in [0.1, 0.15) is 77.0 Å². The molecule has 25 atom stereocenters. The highest BCUT2D eigenvalue weighted by atomic mass is 16.8. The zero-order chi connectivity index (χ0) is 56.8. The number of carbonyl (C=O) groups excluding carboxylic acids is 2. The summed E-state index contributed by atoms with van der Waals surface area (Å²) < 4.78 is 71.9. The molecule has 25 unspecified atom stereocenters. The molecule has 0 aromatic carbocycles. The maximum Gasteiger partial charge on any atom is 0.330 e. The highest BCUT2D eigenvalue weighted by molar-refractivity contribution is 5.82. The lowest BCUT2D eigenvalue weighted by Gasteiger charge is -2.52. The van der Waals surface area contributed by atoms with Crippen molar-refractivity contribution in [3.05, 3.63) is 24.3 Å². The Morgan fingerprint density at radius 2 is 1.14 bits per heavy atom. The van der Waals surface area contributed by atoms with Gasteiger partial charge >= 0.3 is 11.9 Å². The van der Waals surface area contributed by atoms with Crippen LogP contribution in [0.25, 0.3) is 0 Å². The molecule has 8 rings (SSSR count). The molecule has 452 valence electrons. The third-order valence-corrected chi connectivity index (χ3v) is 17.4. The van der Waals surface area contributed by atoms with Crippen molar-refractivity contribution in [3.8, 4) is 0 Å². The monoisotopic (exact) mass is 1140 g/mol. The lowest BCUT2D eigenvalue weighted by molar-refractivity contribution is -0.373. The Morgan fingerprint density at radius 3 is 1.82 bits per heavy atom. The van der Waals surface area contributed by atoms with Crippen molar-refractivity contribution in [2.45, 2.75) is 230 Å². The summed E-state index contributed by atoms with van der Waals surface area (Å²) in [7, 11) is 4.39. The zero-order valence-electron chi connectivity index (χ0n) is 44.7. The van der Waals surface area contributed by atoms with E-state index in [1.54, 1.807) is 12.2 Å². The second-order valence-corrected chi connectivity index (χ2v) is 22.6. The van der Waals surface area contributed by atoms with Crippen LogP contribution in [0.15, 0.2) is 24.3 Å². The van der Waals surface area contributed by atoms with Crippen molar-refractivity contribution in [1.29, 1.82) is 0 Å². The molecule has 79 heavy (non-hydrogen) atoms.